The third-order valence-corrected chi connectivity index (χ3v) is 4.58. The van der Waals surface area contributed by atoms with E-state index in [0.29, 0.717) is 6.04 Å². The molecular formula is C15H16N4. The van der Waals surface area contributed by atoms with Crippen LogP contribution in [0.5, 0.6) is 0 Å². The first kappa shape index (κ1) is 11.0. The molecule has 1 fully saturated rings. The van der Waals surface area contributed by atoms with E-state index < -0.39 is 0 Å². The van der Waals surface area contributed by atoms with E-state index in [1.807, 2.05) is 6.34 Å². The number of hydrogen-bond acceptors (Lipinski definition) is 4. The molecular weight excluding hydrogens is 236 g/mol. The third kappa shape index (κ3) is 1.52. The summed E-state index contributed by atoms with van der Waals surface area (Å²) in [7, 11) is 0. The van der Waals surface area contributed by atoms with Gasteiger partial charge in [-0.05, 0) is 31.0 Å². The zero-order chi connectivity index (χ0) is 12.8. The lowest BCUT2D eigenvalue weighted by atomic mass is 9.99. The molecule has 0 aromatic heterocycles. The Hall–Kier alpha value is -1.86. The van der Waals surface area contributed by atoms with E-state index in [9.17, 15) is 5.26 Å². The average Bonchev–Trinajstić information content (AvgIpc) is 3.03. The van der Waals surface area contributed by atoms with Crippen molar-refractivity contribution in [3.8, 4) is 6.07 Å². The molecule has 3 heterocycles. The summed E-state index contributed by atoms with van der Waals surface area (Å²) in [5.74, 6) is 0. The van der Waals surface area contributed by atoms with Crippen molar-refractivity contribution in [2.75, 3.05) is 11.4 Å². The number of anilines is 1. The van der Waals surface area contributed by atoms with Crippen LogP contribution >= 0.6 is 0 Å². The summed E-state index contributed by atoms with van der Waals surface area (Å²) >= 11 is 0. The molecule has 3 aliphatic heterocycles. The van der Waals surface area contributed by atoms with Crippen LogP contribution in [0.15, 0.2) is 29.3 Å². The zero-order valence-corrected chi connectivity index (χ0v) is 10.7. The van der Waals surface area contributed by atoms with Gasteiger partial charge in [-0.15, -0.1) is 0 Å². The minimum Gasteiger partial charge on any atom is -0.324 e. The van der Waals surface area contributed by atoms with Crippen LogP contribution in [0.3, 0.4) is 0 Å². The first-order valence-corrected chi connectivity index (χ1v) is 6.92. The summed E-state index contributed by atoms with van der Waals surface area (Å²) in [6.45, 7) is 2.14. The summed E-state index contributed by atoms with van der Waals surface area (Å²) in [4.78, 5) is 9.18. The Morgan fingerprint density at radius 3 is 3.11 bits per heavy atom. The Labute approximate surface area is 113 Å². The second-order valence-corrected chi connectivity index (χ2v) is 5.55. The highest BCUT2D eigenvalue weighted by molar-refractivity contribution is 5.85. The molecule has 0 spiro atoms. The minimum absolute atomic E-state index is 0.191. The predicted molar refractivity (Wildman–Crippen MR) is 74.0 cm³/mol. The lowest BCUT2D eigenvalue weighted by Gasteiger charge is -2.32. The van der Waals surface area contributed by atoms with Crippen LogP contribution in [0, 0.1) is 11.3 Å². The van der Waals surface area contributed by atoms with Gasteiger partial charge in [-0.2, -0.15) is 5.26 Å². The van der Waals surface area contributed by atoms with Crippen LogP contribution < -0.4 is 4.90 Å². The number of nitrogens with zero attached hydrogens (tertiary/aromatic N) is 4. The molecule has 0 aliphatic carbocycles. The quantitative estimate of drug-likeness (QED) is 0.706. The van der Waals surface area contributed by atoms with Gasteiger partial charge in [0.15, 0.2) is 6.04 Å². The average molecular weight is 252 g/mol. The highest BCUT2D eigenvalue weighted by Crippen LogP contribution is 2.37. The van der Waals surface area contributed by atoms with E-state index >= 15 is 0 Å². The first-order valence-electron chi connectivity index (χ1n) is 6.92. The molecule has 0 bridgehead atoms. The summed E-state index contributed by atoms with van der Waals surface area (Å²) in [6.07, 6.45) is 4.28. The molecule has 0 radical (unpaired) electrons. The number of hydrogen-bond donors (Lipinski definition) is 0. The van der Waals surface area contributed by atoms with E-state index in [0.717, 1.165) is 13.1 Å². The summed E-state index contributed by atoms with van der Waals surface area (Å²) in [6, 6.07) is 11.3. The summed E-state index contributed by atoms with van der Waals surface area (Å²) in [5.41, 5.74) is 2.57. The summed E-state index contributed by atoms with van der Waals surface area (Å²) < 4.78 is 0. The first-order chi connectivity index (χ1) is 9.38. The predicted octanol–water partition coefficient (Wildman–Crippen LogP) is 1.77. The van der Waals surface area contributed by atoms with Crippen molar-refractivity contribution in [1.82, 2.24) is 4.90 Å². The number of rotatable bonds is 0. The molecule has 4 rings (SSSR count). The molecule has 4 nitrogen and oxygen atoms in total. The fourth-order valence-corrected chi connectivity index (χ4v) is 3.74. The van der Waals surface area contributed by atoms with Crippen LogP contribution in [0.4, 0.5) is 5.69 Å². The van der Waals surface area contributed by atoms with Crippen LogP contribution in [0.1, 0.15) is 18.4 Å². The van der Waals surface area contributed by atoms with Crippen LogP contribution in [0.2, 0.25) is 0 Å². The van der Waals surface area contributed by atoms with Crippen molar-refractivity contribution < 1.29 is 0 Å². The lowest BCUT2D eigenvalue weighted by molar-refractivity contribution is 0.222. The van der Waals surface area contributed by atoms with Gasteiger partial charge in [-0.25, -0.2) is 0 Å². The van der Waals surface area contributed by atoms with E-state index in [1.165, 1.54) is 24.1 Å². The molecule has 3 unspecified atom stereocenters. The molecule has 96 valence electrons. The minimum atomic E-state index is -0.225. The second-order valence-electron chi connectivity index (χ2n) is 5.55. The molecule has 0 N–H and O–H groups in total. The van der Waals surface area contributed by atoms with Crippen LogP contribution in [-0.2, 0) is 6.54 Å². The SMILES string of the molecule is N#CC1N=CN2c3ccccc3CN3CCCC3C12. The van der Waals surface area contributed by atoms with Gasteiger partial charge in [0.05, 0.1) is 18.4 Å². The molecule has 19 heavy (non-hydrogen) atoms. The fraction of sp³-hybridized carbons (Fsp3) is 0.467. The summed E-state index contributed by atoms with van der Waals surface area (Å²) in [5, 5.41) is 9.36. The number of para-hydroxylation sites is 1. The van der Waals surface area contributed by atoms with Gasteiger partial charge >= 0.3 is 0 Å². The van der Waals surface area contributed by atoms with Crippen molar-refractivity contribution in [1.29, 1.82) is 5.26 Å². The maximum absolute atomic E-state index is 9.36. The van der Waals surface area contributed by atoms with Gasteiger partial charge in [0.2, 0.25) is 0 Å². The van der Waals surface area contributed by atoms with Gasteiger partial charge in [0.25, 0.3) is 0 Å². The standard InChI is InChI=1S/C15H16N4/c16-8-12-15-14-6-3-7-18(14)9-11-4-1-2-5-13(11)19(15)10-17-12/h1-2,4-5,10,12,14-15H,3,6-7,9H2. The molecule has 0 amide bonds. The lowest BCUT2D eigenvalue weighted by Crippen LogP contribution is -2.49. The molecule has 1 aromatic rings. The normalized spacial score (nSPS) is 32.4. The Bertz CT molecular complexity index is 574. The number of fused-ring (bicyclic) bond motifs is 5. The van der Waals surface area contributed by atoms with Crippen LogP contribution in [-0.4, -0.2) is 35.9 Å². The van der Waals surface area contributed by atoms with Crippen molar-refractivity contribution >= 4 is 12.0 Å². The van der Waals surface area contributed by atoms with Gasteiger partial charge in [0.1, 0.15) is 0 Å². The number of nitriles is 1. The van der Waals surface area contributed by atoms with Crippen LogP contribution in [0.25, 0.3) is 0 Å². The van der Waals surface area contributed by atoms with Gasteiger partial charge in [0, 0.05) is 18.3 Å². The largest absolute Gasteiger partial charge is 0.324 e. The van der Waals surface area contributed by atoms with Gasteiger partial charge < -0.3 is 4.90 Å². The smallest absolute Gasteiger partial charge is 0.160 e. The van der Waals surface area contributed by atoms with Crippen molar-refractivity contribution in [2.24, 2.45) is 4.99 Å². The Balaban J connectivity index is 1.85. The Morgan fingerprint density at radius 1 is 1.32 bits per heavy atom. The molecule has 1 aromatic carbocycles. The number of benzene rings is 1. The monoisotopic (exact) mass is 252 g/mol. The molecule has 4 heteroatoms. The maximum atomic E-state index is 9.36. The van der Waals surface area contributed by atoms with Crippen molar-refractivity contribution in [3.63, 3.8) is 0 Å². The fourth-order valence-electron chi connectivity index (χ4n) is 3.74. The van der Waals surface area contributed by atoms with Gasteiger partial charge in [-0.3, -0.25) is 9.89 Å². The van der Waals surface area contributed by atoms with E-state index in [2.05, 4.69) is 45.1 Å². The molecule has 1 saturated heterocycles. The van der Waals surface area contributed by atoms with E-state index in [1.54, 1.807) is 0 Å². The zero-order valence-electron chi connectivity index (χ0n) is 10.7. The second kappa shape index (κ2) is 4.07. The van der Waals surface area contributed by atoms with Crippen molar-refractivity contribution in [2.45, 2.75) is 37.5 Å². The maximum Gasteiger partial charge on any atom is 0.160 e. The van der Waals surface area contributed by atoms with E-state index in [4.69, 9.17) is 0 Å². The molecule has 3 atom stereocenters. The van der Waals surface area contributed by atoms with Crippen molar-refractivity contribution in [3.05, 3.63) is 29.8 Å². The number of aliphatic imine (C=N–C) groups is 1. The Kier molecular flexibility index (Phi) is 2.36. The third-order valence-electron chi connectivity index (χ3n) is 4.58. The molecule has 3 aliphatic rings. The van der Waals surface area contributed by atoms with E-state index in [-0.39, 0.29) is 12.1 Å². The molecule has 0 saturated carbocycles. The highest BCUT2D eigenvalue weighted by atomic mass is 15.3. The topological polar surface area (TPSA) is 42.6 Å². The highest BCUT2D eigenvalue weighted by Gasteiger charge is 2.45. The Morgan fingerprint density at radius 2 is 2.21 bits per heavy atom. The van der Waals surface area contributed by atoms with Gasteiger partial charge in [-0.1, -0.05) is 18.2 Å².